The largest absolute Gasteiger partial charge is 0.490 e. The lowest BCUT2D eigenvalue weighted by Crippen LogP contribution is -2.06. The van der Waals surface area contributed by atoms with Crippen molar-refractivity contribution in [2.24, 2.45) is 0 Å². The molecule has 0 bridgehead atoms. The van der Waals surface area contributed by atoms with E-state index in [2.05, 4.69) is 13.8 Å². The van der Waals surface area contributed by atoms with Crippen molar-refractivity contribution in [2.45, 2.75) is 52.9 Å². The molecule has 0 spiro atoms. The summed E-state index contributed by atoms with van der Waals surface area (Å²) < 4.78 is 17.2. The molecule has 2 rings (SSSR count). The summed E-state index contributed by atoms with van der Waals surface area (Å²) >= 11 is 0. The van der Waals surface area contributed by atoms with Gasteiger partial charge in [-0.15, -0.1) is 0 Å². The van der Waals surface area contributed by atoms with Crippen LogP contribution in [0.5, 0.6) is 11.5 Å². The highest BCUT2D eigenvalue weighted by atomic mass is 16.5. The Morgan fingerprint density at radius 1 is 1.00 bits per heavy atom. The van der Waals surface area contributed by atoms with E-state index in [9.17, 15) is 4.79 Å². The van der Waals surface area contributed by atoms with Crippen molar-refractivity contribution >= 4 is 11.0 Å². The van der Waals surface area contributed by atoms with Crippen molar-refractivity contribution in [3.8, 4) is 11.5 Å². The average Bonchev–Trinajstić information content (AvgIpc) is 2.55. The monoisotopic (exact) mass is 318 g/mol. The second-order valence-corrected chi connectivity index (χ2v) is 5.62. The molecule has 0 atom stereocenters. The number of hydrogen-bond donors (Lipinski definition) is 0. The molecule has 1 aromatic heterocycles. The van der Waals surface area contributed by atoms with Crippen LogP contribution in [-0.2, 0) is 6.42 Å². The van der Waals surface area contributed by atoms with Crippen LogP contribution in [0.15, 0.2) is 27.4 Å². The Balaban J connectivity index is 2.47. The zero-order valence-corrected chi connectivity index (χ0v) is 14.3. The van der Waals surface area contributed by atoms with Gasteiger partial charge >= 0.3 is 5.63 Å². The van der Waals surface area contributed by atoms with Crippen molar-refractivity contribution in [2.75, 3.05) is 13.2 Å². The number of hydrogen-bond acceptors (Lipinski definition) is 4. The summed E-state index contributed by atoms with van der Waals surface area (Å²) in [6.45, 7) is 7.47. The summed E-state index contributed by atoms with van der Waals surface area (Å²) in [7, 11) is 0. The minimum Gasteiger partial charge on any atom is -0.490 e. The van der Waals surface area contributed by atoms with Gasteiger partial charge in [-0.3, -0.25) is 0 Å². The Bertz CT molecular complexity index is 688. The molecule has 126 valence electrons. The van der Waals surface area contributed by atoms with Crippen LogP contribution in [0, 0.1) is 0 Å². The molecule has 0 amide bonds. The summed E-state index contributed by atoms with van der Waals surface area (Å²) in [5.41, 5.74) is 1.12. The molecule has 2 aromatic rings. The van der Waals surface area contributed by atoms with Crippen molar-refractivity contribution in [1.29, 1.82) is 0 Å². The fourth-order valence-electron chi connectivity index (χ4n) is 2.44. The standard InChI is InChI=1S/C19H26O4/c1-4-7-11-21-16-10-9-15-14(6-3)13-17(20)23-18(15)19(16)22-12-8-5-2/h9-10,13H,4-8,11-12H2,1-3H3. The van der Waals surface area contributed by atoms with Gasteiger partial charge in [0, 0.05) is 11.5 Å². The van der Waals surface area contributed by atoms with E-state index in [0.29, 0.717) is 30.3 Å². The van der Waals surface area contributed by atoms with Gasteiger partial charge in [-0.2, -0.15) is 0 Å². The third-order valence-electron chi connectivity index (χ3n) is 3.80. The van der Waals surface area contributed by atoms with E-state index in [1.807, 2.05) is 19.1 Å². The van der Waals surface area contributed by atoms with Crippen LogP contribution in [-0.4, -0.2) is 13.2 Å². The van der Waals surface area contributed by atoms with Gasteiger partial charge in [0.05, 0.1) is 13.2 Å². The van der Waals surface area contributed by atoms with Crippen LogP contribution in [0.25, 0.3) is 11.0 Å². The lowest BCUT2D eigenvalue weighted by atomic mass is 10.1. The molecule has 0 radical (unpaired) electrons. The summed E-state index contributed by atoms with van der Waals surface area (Å²) in [5.74, 6) is 1.21. The first-order valence-electron chi connectivity index (χ1n) is 8.56. The molecule has 0 aliphatic rings. The van der Waals surface area contributed by atoms with E-state index in [1.165, 1.54) is 0 Å². The number of ether oxygens (including phenoxy) is 2. The SMILES string of the molecule is CCCCOc1ccc2c(CC)cc(=O)oc2c1OCCCC. The molecule has 4 heteroatoms. The van der Waals surface area contributed by atoms with Crippen LogP contribution < -0.4 is 15.1 Å². The maximum Gasteiger partial charge on any atom is 0.336 e. The Labute approximate surface area is 137 Å². The summed E-state index contributed by atoms with van der Waals surface area (Å²) in [5, 5.41) is 0.918. The van der Waals surface area contributed by atoms with Crippen molar-refractivity contribution in [3.05, 3.63) is 34.2 Å². The zero-order chi connectivity index (χ0) is 16.7. The lowest BCUT2D eigenvalue weighted by Gasteiger charge is -2.15. The Kier molecular flexibility index (Phi) is 6.51. The van der Waals surface area contributed by atoms with Gasteiger partial charge in [0.15, 0.2) is 11.3 Å². The number of aryl methyl sites for hydroxylation is 1. The third kappa shape index (κ3) is 4.27. The molecule has 1 heterocycles. The van der Waals surface area contributed by atoms with E-state index < -0.39 is 0 Å². The van der Waals surface area contributed by atoms with E-state index in [0.717, 1.165) is 43.1 Å². The van der Waals surface area contributed by atoms with E-state index >= 15 is 0 Å². The lowest BCUT2D eigenvalue weighted by molar-refractivity contribution is 0.261. The number of benzene rings is 1. The molecule has 0 N–H and O–H groups in total. The van der Waals surface area contributed by atoms with E-state index in [4.69, 9.17) is 13.9 Å². The maximum absolute atomic E-state index is 11.9. The number of fused-ring (bicyclic) bond motifs is 1. The summed E-state index contributed by atoms with van der Waals surface area (Å²) in [6.07, 6.45) is 4.80. The van der Waals surface area contributed by atoms with Gasteiger partial charge in [0.2, 0.25) is 5.75 Å². The molecule has 23 heavy (non-hydrogen) atoms. The first-order chi connectivity index (χ1) is 11.2. The van der Waals surface area contributed by atoms with Gasteiger partial charge in [-0.1, -0.05) is 33.6 Å². The molecular weight excluding hydrogens is 292 g/mol. The molecular formula is C19H26O4. The van der Waals surface area contributed by atoms with E-state index in [-0.39, 0.29) is 5.63 Å². The van der Waals surface area contributed by atoms with Crippen molar-refractivity contribution < 1.29 is 13.9 Å². The maximum atomic E-state index is 11.9. The van der Waals surface area contributed by atoms with Crippen LogP contribution in [0.4, 0.5) is 0 Å². The summed E-state index contributed by atoms with van der Waals surface area (Å²) in [4.78, 5) is 11.9. The van der Waals surface area contributed by atoms with Gasteiger partial charge in [-0.05, 0) is 37.0 Å². The second-order valence-electron chi connectivity index (χ2n) is 5.62. The average molecular weight is 318 g/mol. The normalized spacial score (nSPS) is 10.9. The summed E-state index contributed by atoms with van der Waals surface area (Å²) in [6, 6.07) is 5.42. The van der Waals surface area contributed by atoms with Crippen LogP contribution >= 0.6 is 0 Å². The first kappa shape index (κ1) is 17.4. The predicted octanol–water partition coefficient (Wildman–Crippen LogP) is 4.71. The second kappa shape index (κ2) is 8.61. The minimum atomic E-state index is -0.347. The fraction of sp³-hybridized carbons (Fsp3) is 0.526. The van der Waals surface area contributed by atoms with Crippen molar-refractivity contribution in [1.82, 2.24) is 0 Å². The molecule has 1 aromatic carbocycles. The Morgan fingerprint density at radius 3 is 2.35 bits per heavy atom. The van der Waals surface area contributed by atoms with Crippen molar-refractivity contribution in [3.63, 3.8) is 0 Å². The quantitative estimate of drug-likeness (QED) is 0.496. The highest BCUT2D eigenvalue weighted by molar-refractivity contribution is 5.88. The van der Waals surface area contributed by atoms with E-state index in [1.54, 1.807) is 6.07 Å². The zero-order valence-electron chi connectivity index (χ0n) is 14.3. The molecule has 0 saturated carbocycles. The molecule has 0 saturated heterocycles. The van der Waals surface area contributed by atoms with Gasteiger partial charge in [-0.25, -0.2) is 4.79 Å². The van der Waals surface area contributed by atoms with Gasteiger partial charge < -0.3 is 13.9 Å². The molecule has 4 nitrogen and oxygen atoms in total. The van der Waals surface area contributed by atoms with Gasteiger partial charge in [0.1, 0.15) is 0 Å². The highest BCUT2D eigenvalue weighted by Gasteiger charge is 2.16. The molecule has 0 aliphatic carbocycles. The number of unbranched alkanes of at least 4 members (excludes halogenated alkanes) is 2. The smallest absolute Gasteiger partial charge is 0.336 e. The third-order valence-corrected chi connectivity index (χ3v) is 3.80. The Hall–Kier alpha value is -1.97. The van der Waals surface area contributed by atoms with Gasteiger partial charge in [0.25, 0.3) is 0 Å². The van der Waals surface area contributed by atoms with Crippen LogP contribution in [0.1, 0.15) is 52.0 Å². The fourth-order valence-corrected chi connectivity index (χ4v) is 2.44. The highest BCUT2D eigenvalue weighted by Crippen LogP contribution is 2.36. The molecule has 0 aliphatic heterocycles. The number of rotatable bonds is 9. The van der Waals surface area contributed by atoms with Crippen LogP contribution in [0.3, 0.4) is 0 Å². The predicted molar refractivity (Wildman–Crippen MR) is 92.7 cm³/mol. The van der Waals surface area contributed by atoms with Crippen LogP contribution in [0.2, 0.25) is 0 Å². The Morgan fingerprint density at radius 2 is 1.70 bits per heavy atom. The molecule has 0 fully saturated rings. The minimum absolute atomic E-state index is 0.347. The topological polar surface area (TPSA) is 48.7 Å². The molecule has 0 unspecified atom stereocenters. The first-order valence-corrected chi connectivity index (χ1v) is 8.56.